The standard InChI is InChI=1S/C15H12F2N2O3/c1-22-13-5-2-8(15(20)21)6-12(13)19-14(18)10-4-3-9(16)7-11(10)17/h2-7H,1H3,(H2,18,19)(H,20,21). The summed E-state index contributed by atoms with van der Waals surface area (Å²) in [6.07, 6.45) is 0. The van der Waals surface area contributed by atoms with Crippen molar-refractivity contribution in [3.63, 3.8) is 0 Å². The fraction of sp³-hybridized carbons (Fsp3) is 0.0667. The van der Waals surface area contributed by atoms with Gasteiger partial charge in [0.05, 0.1) is 18.2 Å². The van der Waals surface area contributed by atoms with Crippen molar-refractivity contribution in [3.8, 4) is 5.75 Å². The lowest BCUT2D eigenvalue weighted by molar-refractivity contribution is 0.0697. The number of aromatic carboxylic acids is 1. The predicted molar refractivity (Wildman–Crippen MR) is 76.7 cm³/mol. The maximum atomic E-state index is 13.7. The Labute approximate surface area is 124 Å². The van der Waals surface area contributed by atoms with Crippen LogP contribution in [-0.4, -0.2) is 24.0 Å². The molecule has 2 aromatic carbocycles. The molecule has 0 atom stereocenters. The van der Waals surface area contributed by atoms with Gasteiger partial charge in [-0.1, -0.05) is 0 Å². The number of benzene rings is 2. The number of halogens is 2. The summed E-state index contributed by atoms with van der Waals surface area (Å²) in [5.74, 6) is -2.70. The van der Waals surface area contributed by atoms with Gasteiger partial charge in [0, 0.05) is 6.07 Å². The summed E-state index contributed by atoms with van der Waals surface area (Å²) in [7, 11) is 1.38. The molecule has 2 aromatic rings. The summed E-state index contributed by atoms with van der Waals surface area (Å²) in [6.45, 7) is 0. The number of hydrogen-bond acceptors (Lipinski definition) is 3. The summed E-state index contributed by atoms with van der Waals surface area (Å²) in [4.78, 5) is 15.0. The number of carboxylic acids is 1. The highest BCUT2D eigenvalue weighted by atomic mass is 19.1. The number of carboxylic acid groups (broad SMARTS) is 1. The van der Waals surface area contributed by atoms with Gasteiger partial charge in [0.25, 0.3) is 0 Å². The van der Waals surface area contributed by atoms with E-state index in [4.69, 9.17) is 15.6 Å². The summed E-state index contributed by atoms with van der Waals surface area (Å²) in [5.41, 5.74) is 5.73. The summed E-state index contributed by atoms with van der Waals surface area (Å²) in [5, 5.41) is 8.98. The quantitative estimate of drug-likeness (QED) is 0.672. The van der Waals surface area contributed by atoms with E-state index in [1.54, 1.807) is 0 Å². The predicted octanol–water partition coefficient (Wildman–Crippen LogP) is 2.71. The molecule has 0 spiro atoms. The van der Waals surface area contributed by atoms with Gasteiger partial charge in [-0.05, 0) is 30.3 Å². The number of amidine groups is 1. The first-order valence-electron chi connectivity index (χ1n) is 6.13. The Hall–Kier alpha value is -2.96. The zero-order valence-electron chi connectivity index (χ0n) is 11.5. The molecule has 3 N–H and O–H groups in total. The molecule has 0 unspecified atom stereocenters. The van der Waals surface area contributed by atoms with Crippen LogP contribution in [0.4, 0.5) is 14.5 Å². The van der Waals surface area contributed by atoms with Crippen LogP contribution in [0.25, 0.3) is 0 Å². The van der Waals surface area contributed by atoms with Crippen LogP contribution in [0.5, 0.6) is 5.75 Å². The first-order valence-corrected chi connectivity index (χ1v) is 6.13. The van der Waals surface area contributed by atoms with Crippen LogP contribution in [0, 0.1) is 11.6 Å². The van der Waals surface area contributed by atoms with E-state index >= 15 is 0 Å². The van der Waals surface area contributed by atoms with E-state index in [0.717, 1.165) is 12.1 Å². The van der Waals surface area contributed by atoms with E-state index in [-0.39, 0.29) is 28.4 Å². The third-order valence-corrected chi connectivity index (χ3v) is 2.87. The van der Waals surface area contributed by atoms with Crippen LogP contribution in [0.3, 0.4) is 0 Å². The second kappa shape index (κ2) is 6.21. The van der Waals surface area contributed by atoms with Gasteiger partial charge in [-0.15, -0.1) is 0 Å². The smallest absolute Gasteiger partial charge is 0.335 e. The Morgan fingerprint density at radius 2 is 1.95 bits per heavy atom. The molecule has 0 radical (unpaired) electrons. The van der Waals surface area contributed by atoms with Gasteiger partial charge in [-0.3, -0.25) is 0 Å². The number of aliphatic imine (C=N–C) groups is 1. The third kappa shape index (κ3) is 3.20. The Morgan fingerprint density at radius 1 is 1.23 bits per heavy atom. The van der Waals surface area contributed by atoms with E-state index in [2.05, 4.69) is 4.99 Å². The lowest BCUT2D eigenvalue weighted by atomic mass is 10.1. The Bertz CT molecular complexity index is 760. The van der Waals surface area contributed by atoms with Gasteiger partial charge in [0.15, 0.2) is 0 Å². The van der Waals surface area contributed by atoms with Crippen molar-refractivity contribution in [1.29, 1.82) is 0 Å². The molecule has 5 nitrogen and oxygen atoms in total. The molecule has 0 aromatic heterocycles. The molecular formula is C15H12F2N2O3. The van der Waals surface area contributed by atoms with Gasteiger partial charge in [-0.25, -0.2) is 18.6 Å². The third-order valence-electron chi connectivity index (χ3n) is 2.87. The van der Waals surface area contributed by atoms with Crippen molar-refractivity contribution in [2.45, 2.75) is 0 Å². The monoisotopic (exact) mass is 306 g/mol. The lowest BCUT2D eigenvalue weighted by Gasteiger charge is -2.07. The Morgan fingerprint density at radius 3 is 2.55 bits per heavy atom. The summed E-state index contributed by atoms with van der Waals surface area (Å²) >= 11 is 0. The van der Waals surface area contributed by atoms with Crippen LogP contribution >= 0.6 is 0 Å². The molecule has 114 valence electrons. The number of rotatable bonds is 4. The minimum atomic E-state index is -1.15. The van der Waals surface area contributed by atoms with E-state index in [0.29, 0.717) is 6.07 Å². The molecule has 0 amide bonds. The van der Waals surface area contributed by atoms with Crippen LogP contribution in [0.15, 0.2) is 41.4 Å². The van der Waals surface area contributed by atoms with Gasteiger partial charge in [0.1, 0.15) is 28.9 Å². The van der Waals surface area contributed by atoms with Crippen molar-refractivity contribution in [2.75, 3.05) is 7.11 Å². The fourth-order valence-corrected chi connectivity index (χ4v) is 1.80. The van der Waals surface area contributed by atoms with Crippen molar-refractivity contribution in [2.24, 2.45) is 10.7 Å². The summed E-state index contributed by atoms with van der Waals surface area (Å²) < 4.78 is 31.6. The first kappa shape index (κ1) is 15.4. The zero-order valence-corrected chi connectivity index (χ0v) is 11.5. The van der Waals surface area contributed by atoms with Crippen LogP contribution in [-0.2, 0) is 0 Å². The number of ether oxygens (including phenoxy) is 1. The Kier molecular flexibility index (Phi) is 4.36. The maximum Gasteiger partial charge on any atom is 0.335 e. The average molecular weight is 306 g/mol. The second-order valence-corrected chi connectivity index (χ2v) is 4.31. The highest BCUT2D eigenvalue weighted by Crippen LogP contribution is 2.29. The highest BCUT2D eigenvalue weighted by Gasteiger charge is 2.12. The largest absolute Gasteiger partial charge is 0.494 e. The van der Waals surface area contributed by atoms with E-state index in [1.165, 1.54) is 25.3 Å². The van der Waals surface area contributed by atoms with Gasteiger partial charge in [0.2, 0.25) is 0 Å². The van der Waals surface area contributed by atoms with E-state index in [1.807, 2.05) is 0 Å². The number of carbonyl (C=O) groups is 1. The normalized spacial score (nSPS) is 11.3. The zero-order chi connectivity index (χ0) is 16.3. The summed E-state index contributed by atoms with van der Waals surface area (Å²) in [6, 6.07) is 6.88. The molecule has 0 saturated carbocycles. The maximum absolute atomic E-state index is 13.7. The molecule has 2 rings (SSSR count). The van der Waals surface area contributed by atoms with Gasteiger partial charge < -0.3 is 15.6 Å². The SMILES string of the molecule is COc1ccc(C(=O)O)cc1N=C(N)c1ccc(F)cc1F. The van der Waals surface area contributed by atoms with E-state index in [9.17, 15) is 13.6 Å². The second-order valence-electron chi connectivity index (χ2n) is 4.31. The molecule has 0 bridgehead atoms. The molecule has 0 aliphatic carbocycles. The molecule has 0 saturated heterocycles. The van der Waals surface area contributed by atoms with Gasteiger partial charge >= 0.3 is 5.97 Å². The molecule has 0 aliphatic heterocycles. The lowest BCUT2D eigenvalue weighted by Crippen LogP contribution is -2.15. The first-order chi connectivity index (χ1) is 10.4. The molecule has 0 aliphatic rings. The molecule has 22 heavy (non-hydrogen) atoms. The van der Waals surface area contributed by atoms with Gasteiger partial charge in [-0.2, -0.15) is 0 Å². The van der Waals surface area contributed by atoms with Crippen LogP contribution in [0.2, 0.25) is 0 Å². The number of nitrogens with two attached hydrogens (primary N) is 1. The molecule has 7 heteroatoms. The van der Waals surface area contributed by atoms with Crippen molar-refractivity contribution in [1.82, 2.24) is 0 Å². The van der Waals surface area contributed by atoms with Crippen LogP contribution < -0.4 is 10.5 Å². The fourth-order valence-electron chi connectivity index (χ4n) is 1.80. The Balaban J connectivity index is 2.50. The van der Waals surface area contributed by atoms with Crippen LogP contribution in [0.1, 0.15) is 15.9 Å². The number of hydrogen-bond donors (Lipinski definition) is 2. The number of methoxy groups -OCH3 is 1. The highest BCUT2D eigenvalue weighted by molar-refractivity contribution is 6.00. The van der Waals surface area contributed by atoms with Crippen molar-refractivity contribution >= 4 is 17.5 Å². The van der Waals surface area contributed by atoms with E-state index < -0.39 is 17.6 Å². The van der Waals surface area contributed by atoms with Crippen molar-refractivity contribution < 1.29 is 23.4 Å². The average Bonchev–Trinajstić information content (AvgIpc) is 2.46. The van der Waals surface area contributed by atoms with Crippen molar-refractivity contribution in [3.05, 3.63) is 59.2 Å². The number of nitrogens with zero attached hydrogens (tertiary/aromatic N) is 1. The molecule has 0 fully saturated rings. The topological polar surface area (TPSA) is 84.9 Å². The minimum absolute atomic E-state index is 0.0214. The minimum Gasteiger partial charge on any atom is -0.494 e. The molecular weight excluding hydrogens is 294 g/mol. The molecule has 0 heterocycles.